The summed E-state index contributed by atoms with van der Waals surface area (Å²) in [7, 11) is 0. The number of halogens is 2. The van der Waals surface area contributed by atoms with Crippen molar-refractivity contribution in [2.45, 2.75) is 39.7 Å². The number of amides is 1. The summed E-state index contributed by atoms with van der Waals surface area (Å²) in [5.74, 6) is 0.0886. The van der Waals surface area contributed by atoms with Crippen LogP contribution in [0, 0.1) is 0 Å². The van der Waals surface area contributed by atoms with Gasteiger partial charge in [0.15, 0.2) is 0 Å². The van der Waals surface area contributed by atoms with Crippen molar-refractivity contribution in [1.29, 1.82) is 0 Å². The predicted molar refractivity (Wildman–Crippen MR) is 86.9 cm³/mol. The number of fused-ring (bicyclic) bond motifs is 1. The van der Waals surface area contributed by atoms with Crippen molar-refractivity contribution < 1.29 is 18.3 Å². The van der Waals surface area contributed by atoms with E-state index in [0.29, 0.717) is 19.6 Å². The first-order valence-electron chi connectivity index (χ1n) is 8.06. The fourth-order valence-corrected chi connectivity index (χ4v) is 2.89. The van der Waals surface area contributed by atoms with Crippen LogP contribution in [-0.4, -0.2) is 33.7 Å². The molecule has 1 N–H and O–H groups in total. The van der Waals surface area contributed by atoms with Gasteiger partial charge in [0, 0.05) is 26.6 Å². The maximum atomic E-state index is 12.3. The maximum absolute atomic E-state index is 12.3. The highest BCUT2D eigenvalue weighted by Crippen LogP contribution is 2.20. The smallest absolute Gasteiger partial charge is 0.387 e. The molecule has 1 amide bonds. The average molecular weight is 350 g/mol. The lowest BCUT2D eigenvalue weighted by atomic mass is 10.2. The number of ether oxygens (including phenoxy) is 1. The molecule has 0 unspecified atom stereocenters. The molecule has 2 heterocycles. The van der Waals surface area contributed by atoms with E-state index in [1.807, 2.05) is 16.8 Å². The lowest BCUT2D eigenvalue weighted by Crippen LogP contribution is -2.33. The fourth-order valence-electron chi connectivity index (χ4n) is 2.89. The van der Waals surface area contributed by atoms with E-state index in [0.717, 1.165) is 30.0 Å². The fraction of sp³-hybridized carbons (Fsp3) is 0.412. The number of carbonyl (C=O) groups excluding carboxylic acids is 1. The van der Waals surface area contributed by atoms with Gasteiger partial charge < -0.3 is 10.1 Å². The van der Waals surface area contributed by atoms with E-state index in [2.05, 4.69) is 20.1 Å². The molecule has 2 aromatic rings. The second-order valence-electron chi connectivity index (χ2n) is 6.00. The van der Waals surface area contributed by atoms with Gasteiger partial charge in [-0.3, -0.25) is 14.4 Å². The first kappa shape index (κ1) is 17.3. The van der Waals surface area contributed by atoms with E-state index in [-0.39, 0.29) is 11.7 Å². The van der Waals surface area contributed by atoms with Crippen LogP contribution in [0.4, 0.5) is 8.78 Å². The molecule has 0 fully saturated rings. The molecule has 3 rings (SSSR count). The lowest BCUT2D eigenvalue weighted by Gasteiger charge is -2.27. The van der Waals surface area contributed by atoms with Gasteiger partial charge in [0.25, 0.3) is 0 Å². The Morgan fingerprint density at radius 1 is 1.36 bits per heavy atom. The standard InChI is InChI=1S/C17H20F2N4O2/c1-12(24)20-9-14-8-15-11-22(5-6-23(15)21-14)10-13-3-2-4-16(7-13)25-17(18)19/h2-4,7-8,17H,5-6,9-11H2,1H3,(H,20,24). The second-order valence-corrected chi connectivity index (χ2v) is 6.00. The highest BCUT2D eigenvalue weighted by atomic mass is 19.3. The number of alkyl halides is 2. The SMILES string of the molecule is CC(=O)NCc1cc2n(n1)CCN(Cc1cccc(OC(F)F)c1)C2. The Balaban J connectivity index is 1.62. The van der Waals surface area contributed by atoms with Gasteiger partial charge in [-0.1, -0.05) is 12.1 Å². The van der Waals surface area contributed by atoms with Crippen molar-refractivity contribution in [3.05, 3.63) is 47.3 Å². The Bertz CT molecular complexity index is 748. The van der Waals surface area contributed by atoms with Crippen LogP contribution in [0.25, 0.3) is 0 Å². The molecule has 0 saturated carbocycles. The molecule has 1 aromatic carbocycles. The van der Waals surface area contributed by atoms with Crippen LogP contribution in [0.1, 0.15) is 23.9 Å². The normalized spacial score (nSPS) is 14.4. The van der Waals surface area contributed by atoms with Crippen LogP contribution < -0.4 is 10.1 Å². The number of nitrogens with zero attached hydrogens (tertiary/aromatic N) is 3. The van der Waals surface area contributed by atoms with E-state index in [9.17, 15) is 13.6 Å². The van der Waals surface area contributed by atoms with Crippen molar-refractivity contribution in [3.8, 4) is 5.75 Å². The molecule has 0 spiro atoms. The summed E-state index contributed by atoms with van der Waals surface area (Å²) in [6, 6.07) is 8.76. The number of carbonyl (C=O) groups is 1. The number of rotatable bonds is 6. The predicted octanol–water partition coefficient (Wildman–Crippen LogP) is 2.14. The van der Waals surface area contributed by atoms with Crippen molar-refractivity contribution in [1.82, 2.24) is 20.0 Å². The zero-order chi connectivity index (χ0) is 17.8. The number of hydrogen-bond acceptors (Lipinski definition) is 4. The molecular weight excluding hydrogens is 330 g/mol. The van der Waals surface area contributed by atoms with Crippen molar-refractivity contribution >= 4 is 5.91 Å². The lowest BCUT2D eigenvalue weighted by molar-refractivity contribution is -0.119. The van der Waals surface area contributed by atoms with E-state index in [1.165, 1.54) is 13.0 Å². The average Bonchev–Trinajstić information content (AvgIpc) is 2.95. The Labute approximate surface area is 144 Å². The highest BCUT2D eigenvalue weighted by Gasteiger charge is 2.19. The summed E-state index contributed by atoms with van der Waals surface area (Å²) < 4.78 is 31.0. The summed E-state index contributed by atoms with van der Waals surface area (Å²) in [5, 5.41) is 7.22. The van der Waals surface area contributed by atoms with Crippen LogP contribution in [0.2, 0.25) is 0 Å². The molecular formula is C17H20F2N4O2. The maximum Gasteiger partial charge on any atom is 0.387 e. The highest BCUT2D eigenvalue weighted by molar-refractivity contribution is 5.72. The first-order valence-corrected chi connectivity index (χ1v) is 8.06. The molecule has 1 aliphatic heterocycles. The summed E-state index contributed by atoms with van der Waals surface area (Å²) in [6.45, 7) is 2.00. The van der Waals surface area contributed by atoms with Gasteiger partial charge in [0.2, 0.25) is 5.91 Å². The zero-order valence-corrected chi connectivity index (χ0v) is 13.9. The van der Waals surface area contributed by atoms with Gasteiger partial charge in [-0.2, -0.15) is 13.9 Å². The van der Waals surface area contributed by atoms with Crippen LogP contribution in [0.3, 0.4) is 0 Å². The zero-order valence-electron chi connectivity index (χ0n) is 13.9. The minimum Gasteiger partial charge on any atom is -0.435 e. The molecule has 0 atom stereocenters. The summed E-state index contributed by atoms with van der Waals surface area (Å²) in [4.78, 5) is 13.2. The third-order valence-electron chi connectivity index (χ3n) is 3.98. The van der Waals surface area contributed by atoms with Crippen LogP contribution in [-0.2, 0) is 31.0 Å². The molecule has 0 saturated heterocycles. The Morgan fingerprint density at radius 2 is 2.20 bits per heavy atom. The topological polar surface area (TPSA) is 59.4 Å². The number of nitrogens with one attached hydrogen (secondary N) is 1. The monoisotopic (exact) mass is 350 g/mol. The van der Waals surface area contributed by atoms with Crippen molar-refractivity contribution in [3.63, 3.8) is 0 Å². The molecule has 25 heavy (non-hydrogen) atoms. The van der Waals surface area contributed by atoms with E-state index >= 15 is 0 Å². The van der Waals surface area contributed by atoms with Gasteiger partial charge in [0.05, 0.1) is 24.5 Å². The Morgan fingerprint density at radius 3 is 2.96 bits per heavy atom. The number of benzene rings is 1. The Kier molecular flexibility index (Phi) is 5.28. The van der Waals surface area contributed by atoms with Gasteiger partial charge in [-0.05, 0) is 23.8 Å². The summed E-state index contributed by atoms with van der Waals surface area (Å²) in [6.07, 6.45) is 0. The third kappa shape index (κ3) is 4.76. The van der Waals surface area contributed by atoms with E-state index < -0.39 is 6.61 Å². The minimum atomic E-state index is -2.82. The molecule has 0 radical (unpaired) electrons. The molecule has 1 aromatic heterocycles. The summed E-state index contributed by atoms with van der Waals surface area (Å²) >= 11 is 0. The molecule has 8 heteroatoms. The first-order chi connectivity index (χ1) is 12.0. The van der Waals surface area contributed by atoms with Crippen molar-refractivity contribution in [2.24, 2.45) is 0 Å². The van der Waals surface area contributed by atoms with Crippen molar-refractivity contribution in [2.75, 3.05) is 6.54 Å². The molecule has 1 aliphatic rings. The molecule has 0 aliphatic carbocycles. The number of aromatic nitrogens is 2. The summed E-state index contributed by atoms with van der Waals surface area (Å²) in [5.41, 5.74) is 2.83. The quantitative estimate of drug-likeness (QED) is 0.867. The van der Waals surface area contributed by atoms with Gasteiger partial charge in [-0.25, -0.2) is 0 Å². The van der Waals surface area contributed by atoms with Gasteiger partial charge in [-0.15, -0.1) is 0 Å². The number of hydrogen-bond donors (Lipinski definition) is 1. The van der Waals surface area contributed by atoms with Crippen LogP contribution in [0.15, 0.2) is 30.3 Å². The Hall–Kier alpha value is -2.48. The van der Waals surface area contributed by atoms with E-state index in [4.69, 9.17) is 0 Å². The minimum absolute atomic E-state index is 0.0847. The van der Waals surface area contributed by atoms with Gasteiger partial charge >= 0.3 is 6.61 Å². The van der Waals surface area contributed by atoms with E-state index in [1.54, 1.807) is 12.1 Å². The molecule has 0 bridgehead atoms. The largest absolute Gasteiger partial charge is 0.435 e. The van der Waals surface area contributed by atoms with Crippen LogP contribution in [0.5, 0.6) is 5.75 Å². The second kappa shape index (κ2) is 7.60. The van der Waals surface area contributed by atoms with Gasteiger partial charge in [0.1, 0.15) is 5.75 Å². The van der Waals surface area contributed by atoms with Crippen LogP contribution >= 0.6 is 0 Å². The third-order valence-corrected chi connectivity index (χ3v) is 3.98. The molecule has 134 valence electrons. The molecule has 6 nitrogen and oxygen atoms in total.